The van der Waals surface area contributed by atoms with Crippen LogP contribution in [0, 0.1) is 0 Å². The average molecular weight is 357 g/mol. The van der Waals surface area contributed by atoms with Gasteiger partial charge in [0, 0.05) is 24.8 Å². The Balaban J connectivity index is 1.63. The molecule has 26 heavy (non-hydrogen) atoms. The molecule has 1 N–H and O–H groups in total. The third kappa shape index (κ3) is 4.49. The van der Waals surface area contributed by atoms with Crippen molar-refractivity contribution in [3.8, 4) is 17.0 Å². The van der Waals surface area contributed by atoms with Crippen molar-refractivity contribution in [1.82, 2.24) is 15.1 Å². The van der Waals surface area contributed by atoms with Crippen molar-refractivity contribution >= 4 is 5.91 Å². The van der Waals surface area contributed by atoms with E-state index in [1.54, 1.807) is 6.07 Å². The zero-order chi connectivity index (χ0) is 18.4. The van der Waals surface area contributed by atoms with Gasteiger partial charge in [0.2, 0.25) is 5.91 Å². The Morgan fingerprint density at radius 1 is 1.31 bits per heavy atom. The van der Waals surface area contributed by atoms with E-state index in [1.807, 2.05) is 31.2 Å². The van der Waals surface area contributed by atoms with E-state index in [-0.39, 0.29) is 17.6 Å². The van der Waals surface area contributed by atoms with Crippen LogP contribution < -0.4 is 15.6 Å². The lowest BCUT2D eigenvalue weighted by Gasteiger charge is -2.11. The van der Waals surface area contributed by atoms with Gasteiger partial charge < -0.3 is 14.8 Å². The van der Waals surface area contributed by atoms with Crippen LogP contribution in [0.2, 0.25) is 0 Å². The first kappa shape index (κ1) is 18.1. The standard InChI is InChI=1S/C19H23N3O4/c1-2-25-15-7-5-14(6-8-15)16-9-10-18(23)22(21-16)12-11-20-19(24)17-4-3-13-26-17/h5-10,17H,2-4,11-13H2,1H3,(H,20,24). The number of amides is 1. The zero-order valence-electron chi connectivity index (χ0n) is 14.8. The summed E-state index contributed by atoms with van der Waals surface area (Å²) in [4.78, 5) is 24.0. The van der Waals surface area contributed by atoms with Gasteiger partial charge in [-0.05, 0) is 50.1 Å². The van der Waals surface area contributed by atoms with Crippen LogP contribution in [-0.4, -0.2) is 41.6 Å². The fourth-order valence-electron chi connectivity index (χ4n) is 2.83. The van der Waals surface area contributed by atoms with Crippen molar-refractivity contribution in [3.63, 3.8) is 0 Å². The first-order chi connectivity index (χ1) is 12.7. The minimum Gasteiger partial charge on any atom is -0.494 e. The molecule has 1 aliphatic heterocycles. The third-order valence-electron chi connectivity index (χ3n) is 4.17. The molecule has 0 bridgehead atoms. The molecule has 0 spiro atoms. The Morgan fingerprint density at radius 2 is 2.12 bits per heavy atom. The summed E-state index contributed by atoms with van der Waals surface area (Å²) in [5.74, 6) is 0.666. The lowest BCUT2D eigenvalue weighted by atomic mass is 10.1. The maximum absolute atomic E-state index is 12.0. The Hall–Kier alpha value is -2.67. The number of aromatic nitrogens is 2. The number of nitrogens with one attached hydrogen (secondary N) is 1. The van der Waals surface area contributed by atoms with Crippen molar-refractivity contribution < 1.29 is 14.3 Å². The second-order valence-corrected chi connectivity index (χ2v) is 6.03. The van der Waals surface area contributed by atoms with Crippen molar-refractivity contribution in [3.05, 3.63) is 46.8 Å². The first-order valence-electron chi connectivity index (χ1n) is 8.88. The molecule has 1 aromatic carbocycles. The molecule has 1 unspecified atom stereocenters. The van der Waals surface area contributed by atoms with Crippen LogP contribution >= 0.6 is 0 Å². The number of carbonyl (C=O) groups is 1. The van der Waals surface area contributed by atoms with Crippen molar-refractivity contribution in [2.45, 2.75) is 32.4 Å². The summed E-state index contributed by atoms with van der Waals surface area (Å²) < 4.78 is 12.1. The first-order valence-corrected chi connectivity index (χ1v) is 8.88. The van der Waals surface area contributed by atoms with E-state index >= 15 is 0 Å². The summed E-state index contributed by atoms with van der Waals surface area (Å²) in [5.41, 5.74) is 1.38. The van der Waals surface area contributed by atoms with Crippen LogP contribution in [0.5, 0.6) is 5.75 Å². The van der Waals surface area contributed by atoms with Gasteiger partial charge in [-0.1, -0.05) is 0 Å². The van der Waals surface area contributed by atoms with Crippen LogP contribution in [0.3, 0.4) is 0 Å². The average Bonchev–Trinajstić information content (AvgIpc) is 3.19. The van der Waals surface area contributed by atoms with Crippen molar-refractivity contribution in [1.29, 1.82) is 0 Å². The molecule has 0 radical (unpaired) electrons. The Kier molecular flexibility index (Phi) is 6.01. The molecular weight excluding hydrogens is 334 g/mol. The monoisotopic (exact) mass is 357 g/mol. The second kappa shape index (κ2) is 8.62. The van der Waals surface area contributed by atoms with Crippen LogP contribution in [-0.2, 0) is 16.1 Å². The van der Waals surface area contributed by atoms with Gasteiger partial charge in [-0.3, -0.25) is 9.59 Å². The highest BCUT2D eigenvalue weighted by molar-refractivity contribution is 5.80. The number of benzene rings is 1. The van der Waals surface area contributed by atoms with Crippen molar-refractivity contribution in [2.75, 3.05) is 19.8 Å². The number of rotatable bonds is 7. The van der Waals surface area contributed by atoms with Gasteiger partial charge in [-0.2, -0.15) is 5.10 Å². The minimum absolute atomic E-state index is 0.127. The van der Waals surface area contributed by atoms with Crippen LogP contribution in [0.1, 0.15) is 19.8 Å². The Morgan fingerprint density at radius 3 is 2.81 bits per heavy atom. The molecule has 1 amide bonds. The molecule has 0 aliphatic carbocycles. The zero-order valence-corrected chi connectivity index (χ0v) is 14.8. The van der Waals surface area contributed by atoms with E-state index in [0.717, 1.165) is 24.2 Å². The molecule has 7 heteroatoms. The molecule has 1 aromatic heterocycles. The highest BCUT2D eigenvalue weighted by atomic mass is 16.5. The summed E-state index contributed by atoms with van der Waals surface area (Å²) >= 11 is 0. The van der Waals surface area contributed by atoms with E-state index < -0.39 is 0 Å². The summed E-state index contributed by atoms with van der Waals surface area (Å²) in [6.45, 7) is 3.81. The van der Waals surface area contributed by atoms with Gasteiger partial charge in [-0.25, -0.2) is 4.68 Å². The largest absolute Gasteiger partial charge is 0.494 e. The van der Waals surface area contributed by atoms with Crippen molar-refractivity contribution in [2.24, 2.45) is 0 Å². The lowest BCUT2D eigenvalue weighted by molar-refractivity contribution is -0.130. The van der Waals surface area contributed by atoms with Crippen LogP contribution in [0.4, 0.5) is 0 Å². The van der Waals surface area contributed by atoms with E-state index in [2.05, 4.69) is 10.4 Å². The predicted molar refractivity (Wildman–Crippen MR) is 97.1 cm³/mol. The number of carbonyl (C=O) groups excluding carboxylic acids is 1. The van der Waals surface area contributed by atoms with Gasteiger partial charge in [0.1, 0.15) is 11.9 Å². The van der Waals surface area contributed by atoms with Crippen LogP contribution in [0.15, 0.2) is 41.2 Å². The highest BCUT2D eigenvalue weighted by Crippen LogP contribution is 2.19. The molecule has 1 atom stereocenters. The maximum Gasteiger partial charge on any atom is 0.266 e. The van der Waals surface area contributed by atoms with Gasteiger partial charge >= 0.3 is 0 Å². The normalized spacial score (nSPS) is 16.4. The molecule has 2 aromatic rings. The Labute approximate surface area is 151 Å². The molecule has 1 fully saturated rings. The van der Waals surface area contributed by atoms with Gasteiger partial charge in [-0.15, -0.1) is 0 Å². The van der Waals surface area contributed by atoms with E-state index in [4.69, 9.17) is 9.47 Å². The van der Waals surface area contributed by atoms with Gasteiger partial charge in [0.05, 0.1) is 18.8 Å². The van der Waals surface area contributed by atoms with Gasteiger partial charge in [0.25, 0.3) is 5.56 Å². The maximum atomic E-state index is 12.0. The molecular formula is C19H23N3O4. The summed E-state index contributed by atoms with van der Waals surface area (Å²) in [5, 5.41) is 7.19. The SMILES string of the molecule is CCOc1ccc(-c2ccc(=O)n(CCNC(=O)C3CCCO3)n2)cc1. The number of hydrogen-bond donors (Lipinski definition) is 1. The van der Waals surface area contributed by atoms with E-state index in [9.17, 15) is 9.59 Å². The van der Waals surface area contributed by atoms with Crippen LogP contribution in [0.25, 0.3) is 11.3 Å². The molecule has 2 heterocycles. The smallest absolute Gasteiger partial charge is 0.266 e. The summed E-state index contributed by atoms with van der Waals surface area (Å²) in [6, 6.07) is 10.7. The highest BCUT2D eigenvalue weighted by Gasteiger charge is 2.22. The van der Waals surface area contributed by atoms with E-state index in [1.165, 1.54) is 10.7 Å². The summed E-state index contributed by atoms with van der Waals surface area (Å²) in [6.07, 6.45) is 1.29. The molecule has 7 nitrogen and oxygen atoms in total. The minimum atomic E-state index is -0.366. The topological polar surface area (TPSA) is 82.5 Å². The molecule has 0 saturated carbocycles. The fraction of sp³-hybridized carbons (Fsp3) is 0.421. The lowest BCUT2D eigenvalue weighted by Crippen LogP contribution is -2.37. The quantitative estimate of drug-likeness (QED) is 0.814. The second-order valence-electron chi connectivity index (χ2n) is 6.03. The molecule has 1 aliphatic rings. The molecule has 3 rings (SSSR count). The fourth-order valence-corrected chi connectivity index (χ4v) is 2.83. The molecule has 1 saturated heterocycles. The third-order valence-corrected chi connectivity index (χ3v) is 4.17. The predicted octanol–water partition coefficient (Wildman–Crippen LogP) is 1.60. The summed E-state index contributed by atoms with van der Waals surface area (Å²) in [7, 11) is 0. The Bertz CT molecular complexity index is 795. The number of nitrogens with zero attached hydrogens (tertiary/aromatic N) is 2. The van der Waals surface area contributed by atoms with E-state index in [0.29, 0.717) is 32.0 Å². The van der Waals surface area contributed by atoms with Gasteiger partial charge in [0.15, 0.2) is 0 Å². The number of hydrogen-bond acceptors (Lipinski definition) is 5. The molecule has 138 valence electrons. The number of ether oxygens (including phenoxy) is 2.